The highest BCUT2D eigenvalue weighted by Crippen LogP contribution is 1.96. The molecule has 1 aromatic rings. The lowest BCUT2D eigenvalue weighted by molar-refractivity contribution is 0.575. The zero-order valence-corrected chi connectivity index (χ0v) is 8.84. The zero-order valence-electron chi connectivity index (χ0n) is 8.03. The first-order valence-electron chi connectivity index (χ1n) is 4.27. The van der Waals surface area contributed by atoms with Gasteiger partial charge in [0.05, 0.1) is 12.9 Å². The Morgan fingerprint density at radius 2 is 1.86 bits per heavy atom. The van der Waals surface area contributed by atoms with E-state index in [0.717, 1.165) is 11.8 Å². The van der Waals surface area contributed by atoms with E-state index in [1.165, 1.54) is 0 Å². The van der Waals surface area contributed by atoms with Crippen LogP contribution in [0.1, 0.15) is 5.56 Å². The van der Waals surface area contributed by atoms with Gasteiger partial charge in [0.25, 0.3) is 0 Å². The molecule has 0 bridgehead atoms. The first-order valence-corrected chi connectivity index (χ1v) is 6.16. The first-order chi connectivity index (χ1) is 6.58. The molecule has 0 fully saturated rings. The highest BCUT2D eigenvalue weighted by Gasteiger charge is 1.97. The van der Waals surface area contributed by atoms with Crippen LogP contribution in [0.3, 0.4) is 0 Å². The molecule has 14 heavy (non-hydrogen) atoms. The van der Waals surface area contributed by atoms with E-state index in [2.05, 4.69) is 10.0 Å². The monoisotopic (exact) mass is 214 g/mol. The Hall–Kier alpha value is -0.910. The minimum Gasteiger partial charge on any atom is -0.300 e. The minimum atomic E-state index is -3.09. The molecular formula is C9H14N2O2S. The first kappa shape index (κ1) is 11.2. The molecule has 0 unspecified atom stereocenters. The predicted octanol–water partition coefficient (Wildman–Crippen LogP) is 0.283. The van der Waals surface area contributed by atoms with Gasteiger partial charge in [-0.05, 0) is 5.56 Å². The lowest BCUT2D eigenvalue weighted by atomic mass is 10.2. The van der Waals surface area contributed by atoms with Crippen molar-refractivity contribution < 1.29 is 8.42 Å². The SMILES string of the molecule is CS(=O)(=O)NCNCc1ccccc1. The molecular weight excluding hydrogens is 200 g/mol. The molecule has 2 N–H and O–H groups in total. The van der Waals surface area contributed by atoms with E-state index in [1.807, 2.05) is 30.3 Å². The Bertz CT molecular complexity index is 362. The Morgan fingerprint density at radius 1 is 1.21 bits per heavy atom. The summed E-state index contributed by atoms with van der Waals surface area (Å²) in [5.41, 5.74) is 1.13. The summed E-state index contributed by atoms with van der Waals surface area (Å²) < 4.78 is 23.7. The maximum Gasteiger partial charge on any atom is 0.209 e. The molecule has 0 aliphatic rings. The number of hydrogen-bond donors (Lipinski definition) is 2. The maximum absolute atomic E-state index is 10.7. The van der Waals surface area contributed by atoms with Gasteiger partial charge in [-0.2, -0.15) is 0 Å². The van der Waals surface area contributed by atoms with Crippen molar-refractivity contribution in [2.45, 2.75) is 6.54 Å². The molecule has 0 amide bonds. The van der Waals surface area contributed by atoms with Crippen LogP contribution >= 0.6 is 0 Å². The molecule has 5 heteroatoms. The van der Waals surface area contributed by atoms with Crippen molar-refractivity contribution in [2.24, 2.45) is 0 Å². The molecule has 4 nitrogen and oxygen atoms in total. The molecule has 0 radical (unpaired) electrons. The number of sulfonamides is 1. The smallest absolute Gasteiger partial charge is 0.209 e. The third kappa shape index (κ3) is 4.96. The van der Waals surface area contributed by atoms with Gasteiger partial charge in [0.1, 0.15) is 0 Å². The second kappa shape index (κ2) is 5.09. The van der Waals surface area contributed by atoms with E-state index < -0.39 is 10.0 Å². The topological polar surface area (TPSA) is 58.2 Å². The summed E-state index contributed by atoms with van der Waals surface area (Å²) in [6.45, 7) is 0.914. The second-order valence-corrected chi connectivity index (χ2v) is 4.84. The summed E-state index contributed by atoms with van der Waals surface area (Å²) in [5.74, 6) is 0. The third-order valence-electron chi connectivity index (χ3n) is 1.63. The van der Waals surface area contributed by atoms with E-state index in [1.54, 1.807) is 0 Å². The lowest BCUT2D eigenvalue weighted by Gasteiger charge is -2.04. The fourth-order valence-electron chi connectivity index (χ4n) is 0.985. The molecule has 1 rings (SSSR count). The summed E-state index contributed by atoms with van der Waals surface area (Å²) in [7, 11) is -3.09. The van der Waals surface area contributed by atoms with Crippen molar-refractivity contribution in [1.82, 2.24) is 10.0 Å². The van der Waals surface area contributed by atoms with E-state index in [9.17, 15) is 8.42 Å². The van der Waals surface area contributed by atoms with Crippen molar-refractivity contribution in [2.75, 3.05) is 12.9 Å². The highest BCUT2D eigenvalue weighted by molar-refractivity contribution is 7.88. The van der Waals surface area contributed by atoms with Crippen LogP contribution < -0.4 is 10.0 Å². The Balaban J connectivity index is 2.23. The molecule has 78 valence electrons. The van der Waals surface area contributed by atoms with Crippen LogP contribution in [0.5, 0.6) is 0 Å². The molecule has 0 heterocycles. The average molecular weight is 214 g/mol. The largest absolute Gasteiger partial charge is 0.300 e. The maximum atomic E-state index is 10.7. The van der Waals surface area contributed by atoms with E-state index in [-0.39, 0.29) is 6.67 Å². The molecule has 0 atom stereocenters. The van der Waals surface area contributed by atoms with Crippen LogP contribution in [-0.2, 0) is 16.6 Å². The van der Waals surface area contributed by atoms with Gasteiger partial charge < -0.3 is 0 Å². The molecule has 0 spiro atoms. The molecule has 0 saturated heterocycles. The normalized spacial score (nSPS) is 11.5. The van der Waals surface area contributed by atoms with Crippen LogP contribution in [0.4, 0.5) is 0 Å². The second-order valence-electron chi connectivity index (χ2n) is 3.01. The van der Waals surface area contributed by atoms with Gasteiger partial charge in [-0.15, -0.1) is 0 Å². The fraction of sp³-hybridized carbons (Fsp3) is 0.333. The number of benzene rings is 1. The van der Waals surface area contributed by atoms with Crippen LogP contribution in [0, 0.1) is 0 Å². The average Bonchev–Trinajstić information content (AvgIpc) is 2.13. The number of hydrogen-bond acceptors (Lipinski definition) is 3. The van der Waals surface area contributed by atoms with Crippen molar-refractivity contribution in [3.8, 4) is 0 Å². The van der Waals surface area contributed by atoms with Crippen LogP contribution in [0.25, 0.3) is 0 Å². The van der Waals surface area contributed by atoms with Crippen LogP contribution in [0.2, 0.25) is 0 Å². The Kier molecular flexibility index (Phi) is 4.06. The van der Waals surface area contributed by atoms with Gasteiger partial charge in [-0.3, -0.25) is 5.32 Å². The van der Waals surface area contributed by atoms with Crippen LogP contribution in [0.15, 0.2) is 30.3 Å². The lowest BCUT2D eigenvalue weighted by Crippen LogP contribution is -2.32. The number of nitrogens with one attached hydrogen (secondary N) is 2. The van der Waals surface area contributed by atoms with Crippen molar-refractivity contribution in [3.63, 3.8) is 0 Å². The van der Waals surface area contributed by atoms with Crippen molar-refractivity contribution >= 4 is 10.0 Å². The summed E-state index contributed by atoms with van der Waals surface area (Å²) in [6.07, 6.45) is 1.14. The van der Waals surface area contributed by atoms with Crippen molar-refractivity contribution in [1.29, 1.82) is 0 Å². The summed E-state index contributed by atoms with van der Waals surface area (Å²) in [4.78, 5) is 0. The van der Waals surface area contributed by atoms with Crippen molar-refractivity contribution in [3.05, 3.63) is 35.9 Å². The molecule has 0 aromatic heterocycles. The van der Waals surface area contributed by atoms with E-state index in [0.29, 0.717) is 6.54 Å². The van der Waals surface area contributed by atoms with Gasteiger partial charge in [0, 0.05) is 6.54 Å². The summed E-state index contributed by atoms with van der Waals surface area (Å²) >= 11 is 0. The molecule has 0 aliphatic heterocycles. The Labute approximate surface area is 84.4 Å². The predicted molar refractivity (Wildman–Crippen MR) is 56.1 cm³/mol. The van der Waals surface area contributed by atoms with E-state index >= 15 is 0 Å². The van der Waals surface area contributed by atoms with Gasteiger partial charge in [0.2, 0.25) is 10.0 Å². The minimum absolute atomic E-state index is 0.258. The van der Waals surface area contributed by atoms with Gasteiger partial charge in [0.15, 0.2) is 0 Å². The Morgan fingerprint density at radius 3 is 2.43 bits per heavy atom. The fourth-order valence-corrected chi connectivity index (χ4v) is 1.35. The van der Waals surface area contributed by atoms with Gasteiger partial charge in [-0.1, -0.05) is 30.3 Å². The summed E-state index contributed by atoms with van der Waals surface area (Å²) in [6, 6.07) is 9.79. The highest BCUT2D eigenvalue weighted by atomic mass is 32.2. The van der Waals surface area contributed by atoms with Crippen LogP contribution in [-0.4, -0.2) is 21.3 Å². The molecule has 0 aliphatic carbocycles. The number of rotatable bonds is 5. The third-order valence-corrected chi connectivity index (χ3v) is 2.30. The quantitative estimate of drug-likeness (QED) is 0.547. The summed E-state index contributed by atoms with van der Waals surface area (Å²) in [5, 5.41) is 2.97. The van der Waals surface area contributed by atoms with Gasteiger partial charge >= 0.3 is 0 Å². The zero-order chi connectivity index (χ0) is 10.4. The molecule has 0 saturated carbocycles. The molecule has 1 aromatic carbocycles. The van der Waals surface area contributed by atoms with Gasteiger partial charge in [-0.25, -0.2) is 13.1 Å². The van der Waals surface area contributed by atoms with E-state index in [4.69, 9.17) is 0 Å². The standard InChI is InChI=1S/C9H14N2O2S/c1-14(12,13)11-8-10-7-9-5-3-2-4-6-9/h2-6,10-11H,7-8H2,1H3.